The fourth-order valence-corrected chi connectivity index (χ4v) is 5.83. The van der Waals surface area contributed by atoms with E-state index < -0.39 is 36.0 Å². The van der Waals surface area contributed by atoms with Crippen LogP contribution in [0.25, 0.3) is 0 Å². The van der Waals surface area contributed by atoms with Crippen molar-refractivity contribution in [2.45, 2.75) is 83.8 Å². The monoisotopic (exact) mass is 672 g/mol. The second kappa shape index (κ2) is 19.5. The summed E-state index contributed by atoms with van der Waals surface area (Å²) >= 11 is 0. The molecule has 1 spiro atoms. The first kappa shape index (κ1) is 39.9. The van der Waals surface area contributed by atoms with E-state index in [1.54, 1.807) is 6.92 Å². The van der Waals surface area contributed by atoms with Gasteiger partial charge in [-0.05, 0) is 63.0 Å². The topological polar surface area (TPSA) is 225 Å². The summed E-state index contributed by atoms with van der Waals surface area (Å²) in [5.41, 5.74) is 12.9. The summed E-state index contributed by atoms with van der Waals surface area (Å²) in [6.07, 6.45) is 5.55. The van der Waals surface area contributed by atoms with Gasteiger partial charge >= 0.3 is 11.9 Å². The number of rotatable bonds is 15. The lowest BCUT2D eigenvalue weighted by Crippen LogP contribution is -2.63. The van der Waals surface area contributed by atoms with Crippen molar-refractivity contribution in [1.82, 2.24) is 20.4 Å². The molecule has 0 aromatic heterocycles. The van der Waals surface area contributed by atoms with Crippen molar-refractivity contribution in [3.63, 3.8) is 0 Å². The molecule has 3 rings (SSSR count). The van der Waals surface area contributed by atoms with Gasteiger partial charge in [-0.2, -0.15) is 0 Å². The zero-order valence-electron chi connectivity index (χ0n) is 28.2. The Morgan fingerprint density at radius 3 is 1.94 bits per heavy atom. The van der Waals surface area contributed by atoms with E-state index in [1.807, 2.05) is 54.0 Å². The fraction of sp³-hybridized carbons (Fsp3) is 0.588. The number of carboxylic acids is 2. The number of carbonyl (C=O) groups excluding carboxylic acids is 4. The average molecular weight is 673 g/mol. The molecule has 4 amide bonds. The number of carbonyl (C=O) groups is 6. The number of likely N-dealkylation sites (tertiary alicyclic amines) is 2. The molecule has 1 aromatic rings. The van der Waals surface area contributed by atoms with E-state index in [1.165, 1.54) is 0 Å². The summed E-state index contributed by atoms with van der Waals surface area (Å²) < 4.78 is 0. The number of aliphatic carboxylic acids is 2. The minimum atomic E-state index is -1.26. The van der Waals surface area contributed by atoms with Crippen molar-refractivity contribution in [3.05, 3.63) is 48.0 Å². The number of nitrogens with two attached hydrogens (primary N) is 2. The smallest absolute Gasteiger partial charge is 0.328 e. The molecule has 14 heteroatoms. The van der Waals surface area contributed by atoms with Crippen LogP contribution in [-0.2, 0) is 35.2 Å². The van der Waals surface area contributed by atoms with Gasteiger partial charge in [0.1, 0.15) is 12.1 Å². The molecule has 2 fully saturated rings. The van der Waals surface area contributed by atoms with Crippen LogP contribution in [0.2, 0.25) is 0 Å². The number of nitrogens with one attached hydrogen (secondary N) is 2. The summed E-state index contributed by atoms with van der Waals surface area (Å²) in [6, 6.07) is 7.24. The van der Waals surface area contributed by atoms with Crippen LogP contribution in [0, 0.1) is 11.3 Å². The molecule has 266 valence electrons. The van der Waals surface area contributed by atoms with E-state index in [2.05, 4.69) is 10.6 Å². The van der Waals surface area contributed by atoms with Crippen LogP contribution < -0.4 is 22.1 Å². The van der Waals surface area contributed by atoms with Gasteiger partial charge in [0.2, 0.25) is 23.6 Å². The first-order valence-electron chi connectivity index (χ1n) is 16.4. The molecule has 0 saturated carbocycles. The zero-order valence-corrected chi connectivity index (χ0v) is 28.2. The summed E-state index contributed by atoms with van der Waals surface area (Å²) in [6.45, 7) is 8.79. The predicted octanol–water partition coefficient (Wildman–Crippen LogP) is 0.884. The third-order valence-electron chi connectivity index (χ3n) is 8.54. The van der Waals surface area contributed by atoms with E-state index in [9.17, 15) is 28.8 Å². The molecular formula is C34H52N6O8. The van der Waals surface area contributed by atoms with Gasteiger partial charge in [-0.1, -0.05) is 44.2 Å². The molecule has 0 aliphatic carbocycles. The predicted molar refractivity (Wildman–Crippen MR) is 179 cm³/mol. The van der Waals surface area contributed by atoms with Crippen LogP contribution in [0.3, 0.4) is 0 Å². The van der Waals surface area contributed by atoms with Crippen molar-refractivity contribution in [1.29, 1.82) is 0 Å². The molecule has 0 radical (unpaired) electrons. The first-order chi connectivity index (χ1) is 22.7. The van der Waals surface area contributed by atoms with E-state index in [-0.39, 0.29) is 29.1 Å². The number of hydrogen-bond acceptors (Lipinski definition) is 8. The Bertz CT molecular complexity index is 1260. The van der Waals surface area contributed by atoms with Crippen molar-refractivity contribution < 1.29 is 39.0 Å². The highest BCUT2D eigenvalue weighted by Gasteiger charge is 2.47. The second-order valence-corrected chi connectivity index (χ2v) is 13.0. The molecule has 2 heterocycles. The van der Waals surface area contributed by atoms with Gasteiger partial charge in [0, 0.05) is 50.7 Å². The third-order valence-corrected chi connectivity index (χ3v) is 8.54. The largest absolute Gasteiger partial charge is 0.478 e. The summed E-state index contributed by atoms with van der Waals surface area (Å²) in [5.74, 6) is -3.14. The lowest BCUT2D eigenvalue weighted by molar-refractivity contribution is -0.149. The number of hydrogen-bond donors (Lipinski definition) is 6. The fourth-order valence-electron chi connectivity index (χ4n) is 5.83. The van der Waals surface area contributed by atoms with Gasteiger partial charge in [0.15, 0.2) is 0 Å². The molecule has 2 saturated heterocycles. The van der Waals surface area contributed by atoms with Crippen LogP contribution in [0.5, 0.6) is 0 Å². The number of amides is 4. The molecule has 48 heavy (non-hydrogen) atoms. The highest BCUT2D eigenvalue weighted by Crippen LogP contribution is 2.40. The van der Waals surface area contributed by atoms with Crippen LogP contribution in [0.4, 0.5) is 0 Å². The van der Waals surface area contributed by atoms with Crippen LogP contribution in [-0.4, -0.2) is 106 Å². The number of nitrogens with zero attached hydrogens (tertiary/aromatic N) is 2. The molecule has 2 aliphatic heterocycles. The Kier molecular flexibility index (Phi) is 16.2. The summed E-state index contributed by atoms with van der Waals surface area (Å²) in [5, 5.41) is 21.4. The maximum absolute atomic E-state index is 13.6. The highest BCUT2D eigenvalue weighted by molar-refractivity contribution is 5.93. The maximum Gasteiger partial charge on any atom is 0.328 e. The third kappa shape index (κ3) is 13.4. The number of unbranched alkanes of at least 4 members (excludes halogenated alkanes) is 1. The molecule has 2 aliphatic rings. The van der Waals surface area contributed by atoms with Gasteiger partial charge in [0.05, 0.1) is 6.04 Å². The quantitative estimate of drug-likeness (QED) is 0.114. The van der Waals surface area contributed by atoms with E-state index in [0.29, 0.717) is 57.5 Å². The normalized spacial score (nSPS) is 17.0. The highest BCUT2D eigenvalue weighted by atomic mass is 16.4. The average Bonchev–Trinajstić information content (AvgIpc) is 3.02. The standard InChI is InChI=1S/C30H48N6O4.C4H4O4/c1-21(2)17-26(34-27(38)24(32)18-23-9-5-4-6-10-23)28(39)33-25(11-7-8-14-31)29(40)35-15-12-30(13-16-35)19-36(20-30)22(3)37;5-3(6)1-2-4(7)8/h4-6,9-10,21,24-26H,7-8,11-20,31-32H2,1-3H3,(H,33,39)(H,34,38);1-2H,(H,5,6)(H,7,8)/b;2-1-/t24-,25-,26-;/m1./s1. The van der Waals surface area contributed by atoms with E-state index >= 15 is 0 Å². The molecule has 1 aromatic carbocycles. The Labute approximate surface area is 282 Å². The maximum atomic E-state index is 13.6. The van der Waals surface area contributed by atoms with Gasteiger partial charge < -0.3 is 42.1 Å². The minimum Gasteiger partial charge on any atom is -0.478 e. The van der Waals surface area contributed by atoms with Crippen molar-refractivity contribution in [2.24, 2.45) is 22.8 Å². The Hall–Kier alpha value is -4.30. The van der Waals surface area contributed by atoms with Gasteiger partial charge in [-0.25, -0.2) is 9.59 Å². The lowest BCUT2D eigenvalue weighted by Gasteiger charge is -2.54. The Morgan fingerprint density at radius 1 is 0.875 bits per heavy atom. The zero-order chi connectivity index (χ0) is 35.9. The number of carboxylic acid groups (broad SMARTS) is 2. The molecule has 8 N–H and O–H groups in total. The van der Waals surface area contributed by atoms with Gasteiger partial charge in [-0.15, -0.1) is 0 Å². The van der Waals surface area contributed by atoms with Crippen LogP contribution >= 0.6 is 0 Å². The van der Waals surface area contributed by atoms with Crippen molar-refractivity contribution in [3.8, 4) is 0 Å². The summed E-state index contributed by atoms with van der Waals surface area (Å²) in [7, 11) is 0. The summed E-state index contributed by atoms with van der Waals surface area (Å²) in [4.78, 5) is 74.5. The van der Waals surface area contributed by atoms with Gasteiger partial charge in [-0.3, -0.25) is 19.2 Å². The van der Waals surface area contributed by atoms with Crippen molar-refractivity contribution in [2.75, 3.05) is 32.7 Å². The molecule has 14 nitrogen and oxygen atoms in total. The number of piperidine rings is 1. The van der Waals surface area contributed by atoms with Crippen LogP contribution in [0.1, 0.15) is 64.9 Å². The number of benzene rings is 1. The Morgan fingerprint density at radius 2 is 1.44 bits per heavy atom. The molecule has 3 atom stereocenters. The second-order valence-electron chi connectivity index (χ2n) is 13.0. The molecule has 0 unspecified atom stereocenters. The molecular weight excluding hydrogens is 620 g/mol. The molecule has 0 bridgehead atoms. The first-order valence-corrected chi connectivity index (χ1v) is 16.4. The minimum absolute atomic E-state index is 0.0934. The lowest BCUT2D eigenvalue weighted by atomic mass is 9.72. The SMILES string of the molecule is CC(=O)N1CC2(CCN(C(=O)[C@@H](CCCCN)NC(=O)[C@@H](CC(C)C)NC(=O)[C@H](N)Cc3ccccc3)CC2)C1.O=C(O)/C=C\C(=O)O. The Balaban J connectivity index is 0.000000886. The van der Waals surface area contributed by atoms with Gasteiger partial charge in [0.25, 0.3) is 0 Å². The van der Waals surface area contributed by atoms with Crippen molar-refractivity contribution >= 4 is 35.6 Å². The van der Waals surface area contributed by atoms with E-state index in [0.717, 1.165) is 37.9 Å². The van der Waals surface area contributed by atoms with E-state index in [4.69, 9.17) is 21.7 Å². The van der Waals surface area contributed by atoms with Crippen LogP contribution in [0.15, 0.2) is 42.5 Å².